The molecule has 0 saturated carbocycles. The largest absolute Gasteiger partial charge is 0.501 e. The first-order chi connectivity index (χ1) is 7.36. The first-order valence-electron chi connectivity index (χ1n) is 3.60. The fourth-order valence-electron chi connectivity index (χ4n) is 1.03. The van der Waals surface area contributed by atoms with Gasteiger partial charge in [0.1, 0.15) is 9.85 Å². The molecule has 2 N–H and O–H groups in total. The minimum atomic E-state index is -2.52. The lowest BCUT2D eigenvalue weighted by Crippen LogP contribution is -2.26. The van der Waals surface area contributed by atoms with Gasteiger partial charge in [0.25, 0.3) is 5.69 Å². The fourth-order valence-corrected chi connectivity index (χ4v) is 1.03. The molecule has 12 nitrogen and oxygen atoms in total. The van der Waals surface area contributed by atoms with Crippen molar-refractivity contribution in [2.45, 2.75) is 6.17 Å². The molecule has 1 aromatic rings. The number of aromatic nitrogens is 2. The second-order valence-electron chi connectivity index (χ2n) is 2.56. The Morgan fingerprint density at radius 3 is 2.12 bits per heavy atom. The second-order valence-corrected chi connectivity index (χ2v) is 2.56. The number of nitrogen functional groups attached to an aromatic ring is 1. The Balaban J connectivity index is 3.39. The van der Waals surface area contributed by atoms with Gasteiger partial charge in [-0.2, -0.15) is 0 Å². The van der Waals surface area contributed by atoms with Crippen LogP contribution in [0.5, 0.6) is 0 Å². The lowest BCUT2D eigenvalue weighted by molar-refractivity contribution is -0.754. The average Bonchev–Trinajstić information content (AvgIpc) is 2.47. The van der Waals surface area contributed by atoms with Crippen LogP contribution < -0.4 is 5.84 Å². The number of hydrogen-bond acceptors (Lipinski definition) is 8. The van der Waals surface area contributed by atoms with Crippen molar-refractivity contribution in [1.29, 1.82) is 0 Å². The van der Waals surface area contributed by atoms with Crippen molar-refractivity contribution in [3.8, 4) is 0 Å². The average molecular weight is 232 g/mol. The van der Waals surface area contributed by atoms with E-state index in [9.17, 15) is 30.3 Å². The Labute approximate surface area is 85.7 Å². The molecule has 0 amide bonds. The van der Waals surface area contributed by atoms with Crippen LogP contribution in [0.2, 0.25) is 0 Å². The van der Waals surface area contributed by atoms with Gasteiger partial charge in [0.2, 0.25) is 6.33 Å². The molecule has 1 heterocycles. The third-order valence-electron chi connectivity index (χ3n) is 1.63. The molecule has 0 radical (unpaired) electrons. The van der Waals surface area contributed by atoms with E-state index in [1.165, 1.54) is 0 Å². The summed E-state index contributed by atoms with van der Waals surface area (Å²) in [5.41, 5.74) is -0.889. The molecule has 12 heteroatoms. The Kier molecular flexibility index (Phi) is 2.65. The number of nitrogens with two attached hydrogens (primary N) is 1. The summed E-state index contributed by atoms with van der Waals surface area (Å²) in [5.74, 6) is 4.08. The zero-order valence-corrected chi connectivity index (χ0v) is 7.42. The van der Waals surface area contributed by atoms with Crippen LogP contribution in [0.25, 0.3) is 0 Å². The highest BCUT2D eigenvalue weighted by atomic mass is 16.7. The van der Waals surface area contributed by atoms with E-state index in [1.807, 2.05) is 0 Å². The van der Waals surface area contributed by atoms with E-state index >= 15 is 0 Å². The monoisotopic (exact) mass is 232 g/mol. The predicted octanol–water partition coefficient (Wildman–Crippen LogP) is -0.943. The van der Waals surface area contributed by atoms with Crippen molar-refractivity contribution in [2.24, 2.45) is 0 Å². The van der Waals surface area contributed by atoms with Crippen molar-refractivity contribution in [3.63, 3.8) is 0 Å². The van der Waals surface area contributed by atoms with Gasteiger partial charge in [0.05, 0.1) is 0 Å². The van der Waals surface area contributed by atoms with Gasteiger partial charge >= 0.3 is 12.0 Å². The third kappa shape index (κ3) is 1.70. The molecule has 0 aliphatic carbocycles. The van der Waals surface area contributed by atoms with Crippen LogP contribution in [-0.4, -0.2) is 24.4 Å². The number of rotatable bonds is 4. The molecule has 1 aromatic heterocycles. The highest BCUT2D eigenvalue weighted by Crippen LogP contribution is 2.24. The summed E-state index contributed by atoms with van der Waals surface area (Å²) < 4.78 is 0.383. The summed E-state index contributed by atoms with van der Waals surface area (Å²) in [6, 6.07) is 0. The SMILES string of the molecule is Nn1cnc([N+](=O)[O-])c1C([N+](=O)[O-])[N+](=O)[O-]. The summed E-state index contributed by atoms with van der Waals surface area (Å²) in [5, 5.41) is 31.2. The van der Waals surface area contributed by atoms with Crippen LogP contribution >= 0.6 is 0 Å². The molecule has 0 aliphatic heterocycles. The van der Waals surface area contributed by atoms with Crippen molar-refractivity contribution in [3.05, 3.63) is 42.4 Å². The Hall–Kier alpha value is -2.79. The standard InChI is InChI=1S/C4H4N6O6/c5-7-1-6-3(8(11)12)2(7)4(9(13)14)10(15)16/h1,4H,5H2. The van der Waals surface area contributed by atoms with Gasteiger partial charge in [-0.25, -0.2) is 4.68 Å². The molecule has 0 aromatic carbocycles. The zero-order chi connectivity index (χ0) is 12.5. The first kappa shape index (κ1) is 11.3. The molecular formula is C4H4N6O6. The molecular weight excluding hydrogens is 228 g/mol. The van der Waals surface area contributed by atoms with Crippen LogP contribution in [0.15, 0.2) is 6.33 Å². The molecule has 0 bridgehead atoms. The molecule has 0 saturated heterocycles. The van der Waals surface area contributed by atoms with E-state index in [0.717, 1.165) is 0 Å². The van der Waals surface area contributed by atoms with Crippen molar-refractivity contribution >= 4 is 5.82 Å². The van der Waals surface area contributed by atoms with Crippen LogP contribution in [0.3, 0.4) is 0 Å². The van der Waals surface area contributed by atoms with Gasteiger partial charge < -0.3 is 16.0 Å². The molecule has 0 spiro atoms. The van der Waals surface area contributed by atoms with Gasteiger partial charge in [-0.3, -0.25) is 20.2 Å². The molecule has 0 unspecified atom stereocenters. The molecule has 86 valence electrons. The van der Waals surface area contributed by atoms with Crippen LogP contribution in [0, 0.1) is 30.3 Å². The summed E-state index contributed by atoms with van der Waals surface area (Å²) >= 11 is 0. The Morgan fingerprint density at radius 2 is 1.75 bits per heavy atom. The van der Waals surface area contributed by atoms with Crippen LogP contribution in [-0.2, 0) is 0 Å². The lowest BCUT2D eigenvalue weighted by Gasteiger charge is -2.01. The van der Waals surface area contributed by atoms with E-state index in [2.05, 4.69) is 4.98 Å². The minimum absolute atomic E-state index is 0.383. The molecule has 0 aliphatic rings. The molecule has 0 atom stereocenters. The summed E-state index contributed by atoms with van der Waals surface area (Å²) in [6.07, 6.45) is -1.83. The topological polar surface area (TPSA) is 173 Å². The highest BCUT2D eigenvalue weighted by Gasteiger charge is 2.46. The summed E-state index contributed by atoms with van der Waals surface area (Å²) in [4.78, 5) is 30.7. The van der Waals surface area contributed by atoms with E-state index in [4.69, 9.17) is 5.84 Å². The number of nitro groups is 3. The summed E-state index contributed by atoms with van der Waals surface area (Å²) in [7, 11) is 0. The quantitative estimate of drug-likeness (QED) is 0.299. The van der Waals surface area contributed by atoms with E-state index in [1.54, 1.807) is 0 Å². The maximum absolute atomic E-state index is 10.4. The van der Waals surface area contributed by atoms with Crippen LogP contribution in [0.4, 0.5) is 5.82 Å². The fraction of sp³-hybridized carbons (Fsp3) is 0.250. The highest BCUT2D eigenvalue weighted by molar-refractivity contribution is 5.28. The number of imidazole rings is 1. The van der Waals surface area contributed by atoms with Gasteiger partial charge in [0, 0.05) is 0 Å². The molecule has 0 fully saturated rings. The predicted molar refractivity (Wildman–Crippen MR) is 45.8 cm³/mol. The smallest absolute Gasteiger partial charge is 0.358 e. The van der Waals surface area contributed by atoms with E-state index < -0.39 is 32.4 Å². The first-order valence-corrected chi connectivity index (χ1v) is 3.60. The molecule has 16 heavy (non-hydrogen) atoms. The van der Waals surface area contributed by atoms with Gasteiger partial charge in [-0.05, 0) is 9.91 Å². The molecule has 1 rings (SSSR count). The zero-order valence-electron chi connectivity index (χ0n) is 7.42. The van der Waals surface area contributed by atoms with Crippen molar-refractivity contribution < 1.29 is 14.8 Å². The summed E-state index contributed by atoms with van der Waals surface area (Å²) in [6.45, 7) is 0. The number of nitrogens with zero attached hydrogens (tertiary/aromatic N) is 5. The van der Waals surface area contributed by atoms with Gasteiger partial charge in [-0.1, -0.05) is 0 Å². The lowest BCUT2D eigenvalue weighted by atomic mass is 10.3. The Morgan fingerprint density at radius 1 is 1.25 bits per heavy atom. The van der Waals surface area contributed by atoms with Gasteiger partial charge in [0.15, 0.2) is 0 Å². The third-order valence-corrected chi connectivity index (χ3v) is 1.63. The normalized spacial score (nSPS) is 10.3. The van der Waals surface area contributed by atoms with E-state index in [0.29, 0.717) is 11.0 Å². The maximum Gasteiger partial charge on any atom is 0.501 e. The number of hydrogen-bond donors (Lipinski definition) is 1. The van der Waals surface area contributed by atoms with E-state index in [-0.39, 0.29) is 0 Å². The maximum atomic E-state index is 10.4. The van der Waals surface area contributed by atoms with Crippen molar-refractivity contribution in [1.82, 2.24) is 9.66 Å². The second kappa shape index (κ2) is 3.76. The van der Waals surface area contributed by atoms with Gasteiger partial charge in [-0.15, -0.1) is 0 Å². The Bertz CT molecular complexity index is 452. The van der Waals surface area contributed by atoms with Crippen LogP contribution in [0.1, 0.15) is 11.9 Å². The minimum Gasteiger partial charge on any atom is -0.358 e. The van der Waals surface area contributed by atoms with Crippen molar-refractivity contribution in [2.75, 3.05) is 5.84 Å².